The van der Waals surface area contributed by atoms with Gasteiger partial charge in [-0.1, -0.05) is 27.7 Å². The molecule has 21 nitrogen and oxygen atoms in total. The quantitative estimate of drug-likeness (QED) is 0.0310. The molecule has 14 N–H and O–H groups in total. The van der Waals surface area contributed by atoms with Crippen LogP contribution in [0.4, 0.5) is 0 Å². The first-order chi connectivity index (χ1) is 25.8. The number of hydrogen-bond donors (Lipinski definition) is 11. The van der Waals surface area contributed by atoms with Crippen molar-refractivity contribution >= 4 is 47.4 Å². The Bertz CT molecular complexity index is 1500. The zero-order chi connectivity index (χ0) is 41.4. The van der Waals surface area contributed by atoms with Crippen molar-refractivity contribution in [2.45, 2.75) is 115 Å². The van der Waals surface area contributed by atoms with Crippen LogP contribution in [0.15, 0.2) is 17.5 Å². The van der Waals surface area contributed by atoms with Crippen LogP contribution in [0.1, 0.15) is 72.4 Å². The minimum atomic E-state index is -1.28. The fraction of sp³-hybridized carbons (Fsp3) is 0.676. The van der Waals surface area contributed by atoms with Crippen molar-refractivity contribution in [1.82, 2.24) is 41.5 Å². The van der Waals surface area contributed by atoms with Gasteiger partial charge in [-0.2, -0.15) is 0 Å². The molecule has 0 spiro atoms. The lowest BCUT2D eigenvalue weighted by Crippen LogP contribution is -2.59. The molecule has 1 saturated heterocycles. The van der Waals surface area contributed by atoms with Gasteiger partial charge in [0.25, 0.3) is 0 Å². The Morgan fingerprint density at radius 3 is 2.18 bits per heavy atom. The third kappa shape index (κ3) is 15.2. The van der Waals surface area contributed by atoms with Crippen LogP contribution in [-0.2, 0) is 40.0 Å². The van der Waals surface area contributed by atoms with E-state index in [-0.39, 0.29) is 50.7 Å². The van der Waals surface area contributed by atoms with Gasteiger partial charge in [0.1, 0.15) is 36.3 Å². The van der Waals surface area contributed by atoms with Crippen LogP contribution in [0.5, 0.6) is 0 Å². The summed E-state index contributed by atoms with van der Waals surface area (Å²) in [4.78, 5) is 103. The van der Waals surface area contributed by atoms with Crippen molar-refractivity contribution < 1.29 is 43.8 Å². The van der Waals surface area contributed by atoms with Gasteiger partial charge in [-0.25, -0.2) is 9.78 Å². The number of nitrogens with two attached hydrogens (primary N) is 3. The second kappa shape index (κ2) is 22.2. The molecule has 2 rings (SSSR count). The lowest BCUT2D eigenvalue weighted by atomic mass is 9.99. The summed E-state index contributed by atoms with van der Waals surface area (Å²) in [5.74, 6) is -6.16. The number of rotatable bonds is 22. The van der Waals surface area contributed by atoms with Crippen LogP contribution in [-0.4, -0.2) is 134 Å². The molecular formula is C34H58N12O9. The lowest BCUT2D eigenvalue weighted by molar-refractivity contribution is -0.143. The number of nitrogens with zero attached hydrogens (tertiary/aromatic N) is 3. The van der Waals surface area contributed by atoms with Crippen LogP contribution >= 0.6 is 0 Å². The van der Waals surface area contributed by atoms with Gasteiger partial charge in [-0.05, 0) is 50.9 Å². The van der Waals surface area contributed by atoms with E-state index in [0.717, 1.165) is 0 Å². The van der Waals surface area contributed by atoms with Gasteiger partial charge in [0.05, 0.1) is 19.0 Å². The van der Waals surface area contributed by atoms with Crippen LogP contribution in [0, 0.1) is 11.8 Å². The lowest BCUT2D eigenvalue weighted by Gasteiger charge is -2.28. The van der Waals surface area contributed by atoms with Gasteiger partial charge in [0, 0.05) is 31.4 Å². The molecule has 1 aliphatic heterocycles. The number of aliphatic hydroxyl groups excluding tert-OH is 1. The third-order valence-electron chi connectivity index (χ3n) is 8.84. The molecule has 1 aromatic heterocycles. The van der Waals surface area contributed by atoms with E-state index in [9.17, 15) is 43.8 Å². The van der Waals surface area contributed by atoms with E-state index in [1.807, 2.05) is 13.8 Å². The molecule has 0 aromatic carbocycles. The monoisotopic (exact) mass is 778 g/mol. The number of aliphatic hydroxyl groups is 1. The van der Waals surface area contributed by atoms with Crippen LogP contribution in [0.2, 0.25) is 0 Å². The minimum Gasteiger partial charge on any atom is -0.480 e. The number of nitrogens with one attached hydrogen (secondary N) is 6. The molecule has 0 bridgehead atoms. The number of carbonyl (C=O) groups is 7. The van der Waals surface area contributed by atoms with E-state index in [1.54, 1.807) is 13.8 Å². The van der Waals surface area contributed by atoms with Gasteiger partial charge in [-0.3, -0.25) is 33.8 Å². The molecule has 7 atom stereocenters. The van der Waals surface area contributed by atoms with Crippen molar-refractivity contribution in [3.63, 3.8) is 0 Å². The Morgan fingerprint density at radius 2 is 1.62 bits per heavy atom. The Kier molecular flexibility index (Phi) is 18.5. The standard InChI is InChI=1S/C34H58N12O9/c1-17(2)12-22(29(50)45-27(18(3)4)31(52)43-21(33(54)55)8-6-10-39-34(36)37)44-28(49)23(13-20-14-38-16-41-20)42-25(48)15-40-30(51)24-9-7-11-46(24)32(53)26(35)19(5)47/h14,16-19,21-24,26-27,47H,6-13,15,35H2,1-5H3,(H,38,41)(H,40,51)(H,42,48)(H,43,52)(H,44,49)(H,45,50)(H,54,55)(H4,36,37,39)/t19-,21+,22+,23+,24+,26+,27+/m1/s1. The molecular weight excluding hydrogens is 720 g/mol. The second-order valence-electron chi connectivity index (χ2n) is 14.3. The van der Waals surface area contributed by atoms with Crippen molar-refractivity contribution in [3.8, 4) is 0 Å². The summed E-state index contributed by atoms with van der Waals surface area (Å²) < 4.78 is 0. The summed E-state index contributed by atoms with van der Waals surface area (Å²) in [5.41, 5.74) is 16.9. The van der Waals surface area contributed by atoms with Crippen molar-refractivity contribution in [1.29, 1.82) is 0 Å². The maximum atomic E-state index is 13.8. The predicted molar refractivity (Wildman–Crippen MR) is 199 cm³/mol. The summed E-state index contributed by atoms with van der Waals surface area (Å²) in [6, 6.07) is -6.98. The molecule has 1 aromatic rings. The predicted octanol–water partition coefficient (Wildman–Crippen LogP) is -3.45. The average Bonchev–Trinajstić information content (AvgIpc) is 3.81. The summed E-state index contributed by atoms with van der Waals surface area (Å²) in [6.07, 6.45) is 2.92. The van der Waals surface area contributed by atoms with E-state index < -0.39 is 96.2 Å². The Hall–Kier alpha value is -5.31. The van der Waals surface area contributed by atoms with E-state index in [0.29, 0.717) is 18.5 Å². The zero-order valence-electron chi connectivity index (χ0n) is 32.0. The van der Waals surface area contributed by atoms with Gasteiger partial charge in [-0.15, -0.1) is 0 Å². The first-order valence-corrected chi connectivity index (χ1v) is 18.3. The van der Waals surface area contributed by atoms with E-state index >= 15 is 0 Å². The number of aliphatic imine (C=N–C) groups is 1. The number of aromatic amines is 1. The minimum absolute atomic E-state index is 0.0210. The highest BCUT2D eigenvalue weighted by Crippen LogP contribution is 2.19. The van der Waals surface area contributed by atoms with Gasteiger partial charge in [0.2, 0.25) is 35.4 Å². The molecule has 0 saturated carbocycles. The number of likely N-dealkylation sites (tertiary alicyclic amines) is 1. The number of hydrogen-bond acceptors (Lipinski definition) is 11. The summed E-state index contributed by atoms with van der Waals surface area (Å²) in [6.45, 7) is 8.21. The van der Waals surface area contributed by atoms with Crippen LogP contribution < -0.4 is 43.8 Å². The Labute approximate surface area is 319 Å². The molecule has 308 valence electrons. The van der Waals surface area contributed by atoms with Crippen LogP contribution in [0.25, 0.3) is 0 Å². The summed E-state index contributed by atoms with van der Waals surface area (Å²) in [5, 5.41) is 32.3. The molecule has 1 aliphatic rings. The Morgan fingerprint density at radius 1 is 0.964 bits per heavy atom. The van der Waals surface area contributed by atoms with E-state index in [2.05, 4.69) is 41.5 Å². The van der Waals surface area contributed by atoms with Crippen molar-refractivity contribution in [2.75, 3.05) is 19.6 Å². The molecule has 2 heterocycles. The van der Waals surface area contributed by atoms with Crippen molar-refractivity contribution in [3.05, 3.63) is 18.2 Å². The Balaban J connectivity index is 2.16. The SMILES string of the molecule is CC(C)C[C@H](NC(=O)[C@H](Cc1cnc[nH]1)NC(=O)CNC(=O)[C@@H]1CCCN1C(=O)[C@@H](N)[C@@H](C)O)C(=O)N[C@H](C(=O)N[C@@H](CCCN=C(N)N)C(=O)O)C(C)C. The van der Waals surface area contributed by atoms with E-state index in [4.69, 9.17) is 17.2 Å². The second-order valence-corrected chi connectivity index (χ2v) is 14.3. The summed E-state index contributed by atoms with van der Waals surface area (Å²) in [7, 11) is 0. The fourth-order valence-corrected chi connectivity index (χ4v) is 5.84. The molecule has 55 heavy (non-hydrogen) atoms. The highest BCUT2D eigenvalue weighted by atomic mass is 16.4. The molecule has 1 fully saturated rings. The van der Waals surface area contributed by atoms with Crippen LogP contribution in [0.3, 0.4) is 0 Å². The van der Waals surface area contributed by atoms with E-state index in [1.165, 1.54) is 24.3 Å². The first-order valence-electron chi connectivity index (χ1n) is 18.3. The topological polar surface area (TPSA) is 342 Å². The molecule has 0 radical (unpaired) electrons. The molecule has 0 aliphatic carbocycles. The smallest absolute Gasteiger partial charge is 0.326 e. The molecule has 21 heteroatoms. The van der Waals surface area contributed by atoms with Gasteiger partial charge < -0.3 is 63.9 Å². The zero-order valence-corrected chi connectivity index (χ0v) is 32.0. The molecule has 6 amide bonds. The number of H-pyrrole nitrogens is 1. The number of carbonyl (C=O) groups excluding carboxylic acids is 6. The number of imidazole rings is 1. The number of carboxylic acid groups (broad SMARTS) is 1. The number of guanidine groups is 1. The van der Waals surface area contributed by atoms with Crippen molar-refractivity contribution in [2.24, 2.45) is 34.0 Å². The normalized spacial score (nSPS) is 17.3. The highest BCUT2D eigenvalue weighted by Gasteiger charge is 2.38. The number of aliphatic carboxylic acids is 1. The van der Waals surface area contributed by atoms with Gasteiger partial charge >= 0.3 is 5.97 Å². The number of amides is 6. The maximum Gasteiger partial charge on any atom is 0.326 e. The average molecular weight is 779 g/mol. The highest BCUT2D eigenvalue weighted by molar-refractivity contribution is 5.96. The largest absolute Gasteiger partial charge is 0.480 e. The molecule has 0 unspecified atom stereocenters. The maximum absolute atomic E-state index is 13.8. The third-order valence-corrected chi connectivity index (χ3v) is 8.84. The number of carboxylic acids is 1. The van der Waals surface area contributed by atoms with Gasteiger partial charge in [0.15, 0.2) is 5.96 Å². The fourth-order valence-electron chi connectivity index (χ4n) is 5.84. The summed E-state index contributed by atoms with van der Waals surface area (Å²) >= 11 is 0. The number of aromatic nitrogens is 2. The first kappa shape index (κ1) is 45.8.